The lowest BCUT2D eigenvalue weighted by atomic mass is 10.0. The van der Waals surface area contributed by atoms with E-state index in [0.717, 1.165) is 20.1 Å². The number of hydrogen-bond acceptors (Lipinski definition) is 2. The molecule has 0 amide bonds. The molecule has 1 aromatic heterocycles. The highest BCUT2D eigenvalue weighted by molar-refractivity contribution is 14.1. The lowest BCUT2D eigenvalue weighted by Crippen LogP contribution is -2.02. The number of hydrogen-bond donors (Lipinski definition) is 0. The monoisotopic (exact) mass is 426 g/mol. The number of rotatable bonds is 1. The molecular formula is C15H8BrIO2. The van der Waals surface area contributed by atoms with E-state index in [4.69, 9.17) is 4.42 Å². The van der Waals surface area contributed by atoms with Crippen LogP contribution in [0.5, 0.6) is 0 Å². The maximum Gasteiger partial charge on any atom is 0.351 e. The van der Waals surface area contributed by atoms with Crippen molar-refractivity contribution in [3.8, 4) is 11.1 Å². The first-order valence-corrected chi connectivity index (χ1v) is 7.51. The zero-order valence-electron chi connectivity index (χ0n) is 9.69. The minimum atomic E-state index is -0.354. The second kappa shape index (κ2) is 5.09. The average Bonchev–Trinajstić information content (AvgIpc) is 2.42. The summed E-state index contributed by atoms with van der Waals surface area (Å²) in [6, 6.07) is 15.6. The molecule has 0 saturated carbocycles. The van der Waals surface area contributed by atoms with Gasteiger partial charge in [0.15, 0.2) is 0 Å². The molecule has 2 aromatic carbocycles. The molecule has 0 aliphatic carbocycles. The first-order chi connectivity index (χ1) is 9.16. The van der Waals surface area contributed by atoms with Gasteiger partial charge in [-0.3, -0.25) is 0 Å². The normalized spacial score (nSPS) is 10.8. The third-order valence-electron chi connectivity index (χ3n) is 2.87. The number of halogens is 2. The van der Waals surface area contributed by atoms with Gasteiger partial charge in [-0.05, 0) is 62.3 Å². The third kappa shape index (κ3) is 2.34. The van der Waals surface area contributed by atoms with Gasteiger partial charge in [0.2, 0.25) is 0 Å². The molecule has 0 aliphatic rings. The molecule has 0 bridgehead atoms. The van der Waals surface area contributed by atoms with Crippen LogP contribution in [0, 0.1) is 3.57 Å². The fourth-order valence-corrected chi connectivity index (χ4v) is 3.05. The zero-order chi connectivity index (χ0) is 13.4. The van der Waals surface area contributed by atoms with Crippen molar-refractivity contribution in [3.05, 3.63) is 67.0 Å². The lowest BCUT2D eigenvalue weighted by Gasteiger charge is -2.08. The van der Waals surface area contributed by atoms with Crippen molar-refractivity contribution < 1.29 is 4.42 Å². The maximum absolute atomic E-state index is 11.9. The molecule has 3 aromatic rings. The predicted molar refractivity (Wildman–Crippen MR) is 88.3 cm³/mol. The molecule has 4 heteroatoms. The molecule has 0 radical (unpaired) electrons. The molecule has 1 heterocycles. The molecule has 0 spiro atoms. The summed E-state index contributed by atoms with van der Waals surface area (Å²) < 4.78 is 6.87. The average molecular weight is 427 g/mol. The van der Waals surface area contributed by atoms with Crippen LogP contribution in [0.4, 0.5) is 0 Å². The van der Waals surface area contributed by atoms with E-state index in [2.05, 4.69) is 38.5 Å². The Hall–Kier alpha value is -1.14. The van der Waals surface area contributed by atoms with Gasteiger partial charge < -0.3 is 4.42 Å². The van der Waals surface area contributed by atoms with Crippen LogP contribution in [0.25, 0.3) is 22.1 Å². The van der Waals surface area contributed by atoms with Crippen LogP contribution >= 0.6 is 38.5 Å². The fraction of sp³-hybridized carbons (Fsp3) is 0. The second-order valence-corrected chi connectivity index (χ2v) is 6.12. The topological polar surface area (TPSA) is 30.2 Å². The third-order valence-corrected chi connectivity index (χ3v) is 4.27. The van der Waals surface area contributed by atoms with Gasteiger partial charge in [-0.15, -0.1) is 0 Å². The van der Waals surface area contributed by atoms with E-state index in [-0.39, 0.29) is 5.63 Å². The van der Waals surface area contributed by atoms with E-state index in [0.29, 0.717) is 10.1 Å². The fourth-order valence-electron chi connectivity index (χ4n) is 2.04. The molecule has 3 rings (SSSR count). The van der Waals surface area contributed by atoms with Gasteiger partial charge in [-0.25, -0.2) is 4.79 Å². The van der Waals surface area contributed by atoms with E-state index < -0.39 is 0 Å². The van der Waals surface area contributed by atoms with Crippen molar-refractivity contribution in [2.75, 3.05) is 0 Å². The number of fused-ring (bicyclic) bond motifs is 1. The van der Waals surface area contributed by atoms with Gasteiger partial charge in [-0.2, -0.15) is 0 Å². The Morgan fingerprint density at radius 2 is 1.79 bits per heavy atom. The Labute approximate surface area is 131 Å². The van der Waals surface area contributed by atoms with Crippen molar-refractivity contribution in [2.24, 2.45) is 0 Å². The Kier molecular flexibility index (Phi) is 3.45. The Bertz CT molecular complexity index is 809. The highest BCUT2D eigenvalue weighted by Crippen LogP contribution is 2.33. The van der Waals surface area contributed by atoms with Gasteiger partial charge >= 0.3 is 5.63 Å². The Morgan fingerprint density at radius 3 is 2.53 bits per heavy atom. The largest absolute Gasteiger partial charge is 0.422 e. The quantitative estimate of drug-likeness (QED) is 0.412. The highest BCUT2D eigenvalue weighted by Gasteiger charge is 2.14. The van der Waals surface area contributed by atoms with Crippen molar-refractivity contribution >= 4 is 49.5 Å². The van der Waals surface area contributed by atoms with E-state index in [1.54, 1.807) is 0 Å². The highest BCUT2D eigenvalue weighted by atomic mass is 127. The zero-order valence-corrected chi connectivity index (χ0v) is 13.4. The Balaban J connectivity index is 2.48. The van der Waals surface area contributed by atoms with Gasteiger partial charge in [-0.1, -0.05) is 30.3 Å². The van der Waals surface area contributed by atoms with Crippen LogP contribution in [0.1, 0.15) is 0 Å². The summed E-state index contributed by atoms with van der Waals surface area (Å²) in [6.07, 6.45) is 0. The van der Waals surface area contributed by atoms with E-state index >= 15 is 0 Å². The number of benzene rings is 2. The molecular weight excluding hydrogens is 419 g/mol. The predicted octanol–water partition coefficient (Wildman–Crippen LogP) is 4.83. The van der Waals surface area contributed by atoms with Crippen LogP contribution in [-0.2, 0) is 0 Å². The van der Waals surface area contributed by atoms with Crippen LogP contribution < -0.4 is 5.63 Å². The van der Waals surface area contributed by atoms with Crippen molar-refractivity contribution in [2.45, 2.75) is 0 Å². The first-order valence-electron chi connectivity index (χ1n) is 5.64. The van der Waals surface area contributed by atoms with Gasteiger partial charge in [0.05, 0.1) is 0 Å². The second-order valence-electron chi connectivity index (χ2n) is 4.09. The summed E-state index contributed by atoms with van der Waals surface area (Å²) in [5, 5.41) is 0.935. The van der Waals surface area contributed by atoms with Gasteiger partial charge in [0.1, 0.15) is 10.1 Å². The SMILES string of the molecule is O=c1oc2ccc(I)cc2c(-c2ccccc2)c1Br. The minimum Gasteiger partial charge on any atom is -0.422 e. The molecule has 2 nitrogen and oxygen atoms in total. The summed E-state index contributed by atoms with van der Waals surface area (Å²) >= 11 is 5.60. The van der Waals surface area contributed by atoms with Crippen molar-refractivity contribution in [1.29, 1.82) is 0 Å². The van der Waals surface area contributed by atoms with E-state index in [1.165, 1.54) is 0 Å². The molecule has 94 valence electrons. The molecule has 0 fully saturated rings. The summed E-state index contributed by atoms with van der Waals surface area (Å²) in [5.74, 6) is 0. The maximum atomic E-state index is 11.9. The van der Waals surface area contributed by atoms with Crippen LogP contribution in [0.3, 0.4) is 0 Å². The van der Waals surface area contributed by atoms with Gasteiger partial charge in [0.25, 0.3) is 0 Å². The summed E-state index contributed by atoms with van der Waals surface area (Å²) in [7, 11) is 0. The van der Waals surface area contributed by atoms with Crippen LogP contribution in [0.15, 0.2) is 62.2 Å². The van der Waals surface area contributed by atoms with Crippen LogP contribution in [-0.4, -0.2) is 0 Å². The molecule has 19 heavy (non-hydrogen) atoms. The van der Waals surface area contributed by atoms with E-state index in [9.17, 15) is 4.79 Å². The van der Waals surface area contributed by atoms with Crippen molar-refractivity contribution in [1.82, 2.24) is 0 Å². The minimum absolute atomic E-state index is 0.354. The summed E-state index contributed by atoms with van der Waals surface area (Å²) in [4.78, 5) is 11.9. The smallest absolute Gasteiger partial charge is 0.351 e. The van der Waals surface area contributed by atoms with Gasteiger partial charge in [0, 0.05) is 14.5 Å². The first kappa shape index (κ1) is 12.9. The molecule has 0 saturated heterocycles. The summed E-state index contributed by atoms with van der Waals surface area (Å²) in [5.41, 5.74) is 2.12. The van der Waals surface area contributed by atoms with E-state index in [1.807, 2.05) is 48.5 Å². The Morgan fingerprint density at radius 1 is 1.05 bits per heavy atom. The van der Waals surface area contributed by atoms with Crippen molar-refractivity contribution in [3.63, 3.8) is 0 Å². The molecule has 0 unspecified atom stereocenters. The lowest BCUT2D eigenvalue weighted by molar-refractivity contribution is 0.557. The molecule has 0 aliphatic heterocycles. The van der Waals surface area contributed by atoms with Crippen LogP contribution in [0.2, 0.25) is 0 Å². The standard InChI is InChI=1S/C15H8BrIO2/c16-14-13(9-4-2-1-3-5-9)11-8-10(17)6-7-12(11)19-15(14)18/h1-8H. The molecule has 0 N–H and O–H groups in total. The molecule has 0 atom stereocenters. The summed E-state index contributed by atoms with van der Waals surface area (Å²) in [6.45, 7) is 0.